The summed E-state index contributed by atoms with van der Waals surface area (Å²) >= 11 is 0. The first-order valence-electron chi connectivity index (χ1n) is 9.58. The van der Waals surface area contributed by atoms with E-state index < -0.39 is 0 Å². The molecule has 4 aliphatic rings. The van der Waals surface area contributed by atoms with Crippen molar-refractivity contribution in [2.45, 2.75) is 63.7 Å². The number of benzene rings is 1. The monoisotopic (exact) mass is 306 g/mol. The molecule has 1 aromatic rings. The fraction of sp³-hybridized carbons (Fsp3) is 0.591. The van der Waals surface area contributed by atoms with Crippen LogP contribution in [0, 0.1) is 17.3 Å². The number of allylic oxidation sites excluding steroid dienone is 2. The van der Waals surface area contributed by atoms with Crippen LogP contribution >= 0.6 is 0 Å². The summed E-state index contributed by atoms with van der Waals surface area (Å²) in [5.74, 6) is 2.45. The standard InChI is InChI=1S/C22H26O/c23-21-12-20-17(14-22(21)13-15-9-10-18(22)11-15)7-4-8-19(20)16-5-2-1-3-6-16/h4,7-10,15-16,18H,1-3,5-6,11-14H2. The van der Waals surface area contributed by atoms with Gasteiger partial charge in [-0.2, -0.15) is 0 Å². The molecule has 5 rings (SSSR count). The second-order valence-electron chi connectivity index (χ2n) is 8.44. The van der Waals surface area contributed by atoms with Crippen LogP contribution in [-0.4, -0.2) is 5.78 Å². The Bertz CT molecular complexity index is 679. The van der Waals surface area contributed by atoms with Gasteiger partial charge in [-0.25, -0.2) is 0 Å². The van der Waals surface area contributed by atoms with Crippen molar-refractivity contribution in [3.8, 4) is 0 Å². The van der Waals surface area contributed by atoms with E-state index in [9.17, 15) is 4.79 Å². The van der Waals surface area contributed by atoms with Crippen LogP contribution in [0.25, 0.3) is 0 Å². The highest BCUT2D eigenvalue weighted by atomic mass is 16.1. The van der Waals surface area contributed by atoms with Gasteiger partial charge in [-0.1, -0.05) is 49.6 Å². The molecule has 3 atom stereocenters. The fourth-order valence-corrected chi connectivity index (χ4v) is 6.09. The van der Waals surface area contributed by atoms with Gasteiger partial charge in [-0.3, -0.25) is 4.79 Å². The lowest BCUT2D eigenvalue weighted by atomic mass is 9.62. The number of carbonyl (C=O) groups excluding carboxylic acids is 1. The Balaban J connectivity index is 1.53. The highest BCUT2D eigenvalue weighted by molar-refractivity contribution is 5.90. The lowest BCUT2D eigenvalue weighted by molar-refractivity contribution is -0.130. The summed E-state index contributed by atoms with van der Waals surface area (Å²) in [4.78, 5) is 13.2. The molecule has 0 amide bonds. The summed E-state index contributed by atoms with van der Waals surface area (Å²) in [6.07, 6.45) is 15.5. The third-order valence-electron chi connectivity index (χ3n) is 7.26. The van der Waals surface area contributed by atoms with Crippen LogP contribution in [0.3, 0.4) is 0 Å². The van der Waals surface area contributed by atoms with Gasteiger partial charge in [-0.15, -0.1) is 0 Å². The topological polar surface area (TPSA) is 17.1 Å². The lowest BCUT2D eigenvalue weighted by Crippen LogP contribution is -2.42. The normalized spacial score (nSPS) is 35.9. The summed E-state index contributed by atoms with van der Waals surface area (Å²) < 4.78 is 0. The number of Topliss-reactive ketones (excluding diaryl/α,β-unsaturated/α-hetero) is 1. The molecule has 2 bridgehead atoms. The smallest absolute Gasteiger partial charge is 0.144 e. The summed E-state index contributed by atoms with van der Waals surface area (Å²) in [7, 11) is 0. The molecule has 1 heteroatoms. The molecule has 0 aromatic heterocycles. The van der Waals surface area contributed by atoms with Crippen LogP contribution in [0.1, 0.15) is 67.6 Å². The molecule has 2 saturated carbocycles. The Kier molecular flexibility index (Phi) is 3.08. The molecule has 1 nitrogen and oxygen atoms in total. The Morgan fingerprint density at radius 3 is 2.65 bits per heavy atom. The first kappa shape index (κ1) is 14.0. The molecule has 2 fully saturated rings. The average Bonchev–Trinajstić information content (AvgIpc) is 3.18. The minimum Gasteiger partial charge on any atom is -0.299 e. The molecule has 0 N–H and O–H groups in total. The minimum atomic E-state index is -0.0440. The van der Waals surface area contributed by atoms with Crippen molar-refractivity contribution < 1.29 is 4.79 Å². The van der Waals surface area contributed by atoms with Crippen molar-refractivity contribution in [2.75, 3.05) is 0 Å². The van der Waals surface area contributed by atoms with Crippen LogP contribution in [0.5, 0.6) is 0 Å². The van der Waals surface area contributed by atoms with Crippen molar-refractivity contribution >= 4 is 5.78 Å². The first-order chi connectivity index (χ1) is 11.3. The van der Waals surface area contributed by atoms with Crippen LogP contribution < -0.4 is 0 Å². The molecule has 4 aliphatic carbocycles. The molecule has 0 aliphatic heterocycles. The summed E-state index contributed by atoms with van der Waals surface area (Å²) in [5.41, 5.74) is 4.39. The lowest BCUT2D eigenvalue weighted by Gasteiger charge is -2.40. The molecular formula is C22H26O. The van der Waals surface area contributed by atoms with Crippen LogP contribution in [0.15, 0.2) is 30.4 Å². The second-order valence-corrected chi connectivity index (χ2v) is 8.44. The van der Waals surface area contributed by atoms with E-state index in [1.807, 2.05) is 0 Å². The number of ketones is 1. The number of rotatable bonds is 1. The SMILES string of the molecule is O=C1Cc2c(cccc2C2CCCCC2)CC12CC1C=CC2C1. The zero-order valence-corrected chi connectivity index (χ0v) is 13.9. The van der Waals surface area contributed by atoms with Crippen molar-refractivity contribution in [2.24, 2.45) is 17.3 Å². The van der Waals surface area contributed by atoms with E-state index in [1.54, 1.807) is 0 Å². The highest BCUT2D eigenvalue weighted by Crippen LogP contribution is 2.56. The quantitative estimate of drug-likeness (QED) is 0.668. The van der Waals surface area contributed by atoms with Gasteiger partial charge in [0.25, 0.3) is 0 Å². The van der Waals surface area contributed by atoms with Gasteiger partial charge >= 0.3 is 0 Å². The van der Waals surface area contributed by atoms with Crippen molar-refractivity contribution in [1.29, 1.82) is 0 Å². The third-order valence-corrected chi connectivity index (χ3v) is 7.26. The predicted molar refractivity (Wildman–Crippen MR) is 92.5 cm³/mol. The third kappa shape index (κ3) is 2.01. The largest absolute Gasteiger partial charge is 0.299 e. The predicted octanol–water partition coefficient (Wildman–Crippen LogP) is 4.98. The van der Waals surface area contributed by atoms with Gasteiger partial charge in [0.1, 0.15) is 5.78 Å². The van der Waals surface area contributed by atoms with Gasteiger partial charge < -0.3 is 0 Å². The summed E-state index contributed by atoms with van der Waals surface area (Å²) in [6.45, 7) is 0. The van der Waals surface area contributed by atoms with E-state index in [2.05, 4.69) is 30.4 Å². The maximum Gasteiger partial charge on any atom is 0.144 e. The van der Waals surface area contributed by atoms with Crippen molar-refractivity contribution in [3.63, 3.8) is 0 Å². The molecule has 0 saturated heterocycles. The second kappa shape index (κ2) is 5.06. The van der Waals surface area contributed by atoms with Crippen molar-refractivity contribution in [3.05, 3.63) is 47.0 Å². The molecule has 1 spiro atoms. The molecule has 1 aromatic carbocycles. The van der Waals surface area contributed by atoms with Crippen LogP contribution in [0.4, 0.5) is 0 Å². The molecule has 3 unspecified atom stereocenters. The molecule has 120 valence electrons. The molecular weight excluding hydrogens is 280 g/mol. The minimum absolute atomic E-state index is 0.0440. The van der Waals surface area contributed by atoms with Crippen LogP contribution in [0.2, 0.25) is 0 Å². The fourth-order valence-electron chi connectivity index (χ4n) is 6.09. The molecule has 23 heavy (non-hydrogen) atoms. The van der Waals surface area contributed by atoms with Crippen molar-refractivity contribution in [1.82, 2.24) is 0 Å². The molecule has 0 heterocycles. The van der Waals surface area contributed by atoms with Crippen LogP contribution in [-0.2, 0) is 17.6 Å². The van der Waals surface area contributed by atoms with E-state index >= 15 is 0 Å². The number of fused-ring (bicyclic) bond motifs is 4. The van der Waals surface area contributed by atoms with E-state index in [0.29, 0.717) is 30.0 Å². The number of carbonyl (C=O) groups is 1. The highest BCUT2D eigenvalue weighted by Gasteiger charge is 2.54. The summed E-state index contributed by atoms with van der Waals surface area (Å²) in [5, 5.41) is 0. The van der Waals surface area contributed by atoms with Gasteiger partial charge in [-0.05, 0) is 66.5 Å². The summed E-state index contributed by atoms with van der Waals surface area (Å²) in [6, 6.07) is 6.89. The Morgan fingerprint density at radius 2 is 1.91 bits per heavy atom. The van der Waals surface area contributed by atoms with E-state index in [-0.39, 0.29) is 5.41 Å². The Hall–Kier alpha value is -1.37. The zero-order valence-electron chi connectivity index (χ0n) is 13.9. The van der Waals surface area contributed by atoms with E-state index in [0.717, 1.165) is 12.8 Å². The Labute approximate surface area is 139 Å². The van der Waals surface area contributed by atoms with E-state index in [4.69, 9.17) is 0 Å². The first-order valence-corrected chi connectivity index (χ1v) is 9.58. The van der Waals surface area contributed by atoms with Gasteiger partial charge in [0.15, 0.2) is 0 Å². The maximum absolute atomic E-state index is 13.2. The Morgan fingerprint density at radius 1 is 1.04 bits per heavy atom. The van der Waals surface area contributed by atoms with Gasteiger partial charge in [0.05, 0.1) is 0 Å². The molecule has 0 radical (unpaired) electrons. The number of hydrogen-bond donors (Lipinski definition) is 0. The average molecular weight is 306 g/mol. The van der Waals surface area contributed by atoms with E-state index in [1.165, 1.54) is 55.2 Å². The van der Waals surface area contributed by atoms with Gasteiger partial charge in [0.2, 0.25) is 0 Å². The zero-order chi connectivity index (χ0) is 15.4. The van der Waals surface area contributed by atoms with Gasteiger partial charge in [0, 0.05) is 11.8 Å². The number of hydrogen-bond acceptors (Lipinski definition) is 1. The maximum atomic E-state index is 13.2.